The lowest BCUT2D eigenvalue weighted by Crippen LogP contribution is -2.25. The zero-order valence-electron chi connectivity index (χ0n) is 10.8. The van der Waals surface area contributed by atoms with E-state index in [1.54, 1.807) is 17.9 Å². The molecule has 1 unspecified atom stereocenters. The highest BCUT2D eigenvalue weighted by molar-refractivity contribution is 5.97. The van der Waals surface area contributed by atoms with E-state index in [-0.39, 0.29) is 17.5 Å². The third-order valence-electron chi connectivity index (χ3n) is 3.36. The largest absolute Gasteiger partial charge is 0.311 e. The molecule has 1 fully saturated rings. The molecule has 98 valence electrons. The molecule has 0 bridgehead atoms. The molecular formula is C14H14N2O3. The maximum Gasteiger partial charge on any atom is 0.274 e. The predicted octanol–water partition coefficient (Wildman–Crippen LogP) is 2.20. The summed E-state index contributed by atoms with van der Waals surface area (Å²) in [6, 6.07) is 3.19. The number of carbonyl (C=O) groups is 1. The summed E-state index contributed by atoms with van der Waals surface area (Å²) in [5.41, 5.74) is 2.04. The molecular weight excluding hydrogens is 244 g/mol. The van der Waals surface area contributed by atoms with Crippen molar-refractivity contribution in [3.05, 3.63) is 33.4 Å². The third-order valence-corrected chi connectivity index (χ3v) is 3.36. The number of hydrogen-bond acceptors (Lipinski definition) is 3. The van der Waals surface area contributed by atoms with Crippen molar-refractivity contribution in [1.82, 2.24) is 0 Å². The van der Waals surface area contributed by atoms with Crippen LogP contribution in [-0.2, 0) is 4.79 Å². The number of nitro groups is 1. The summed E-state index contributed by atoms with van der Waals surface area (Å²) < 4.78 is 0. The van der Waals surface area contributed by atoms with Crippen LogP contribution in [0.1, 0.15) is 17.5 Å². The van der Waals surface area contributed by atoms with Gasteiger partial charge in [-0.2, -0.15) is 0 Å². The van der Waals surface area contributed by atoms with E-state index in [2.05, 4.69) is 5.92 Å². The number of aryl methyl sites for hydroxylation is 2. The first-order chi connectivity index (χ1) is 8.93. The van der Waals surface area contributed by atoms with Crippen molar-refractivity contribution in [2.75, 3.05) is 11.4 Å². The van der Waals surface area contributed by atoms with Crippen molar-refractivity contribution in [3.8, 4) is 12.3 Å². The number of carbonyl (C=O) groups excluding carboxylic acids is 1. The van der Waals surface area contributed by atoms with Crippen molar-refractivity contribution in [2.45, 2.75) is 20.3 Å². The monoisotopic (exact) mass is 258 g/mol. The summed E-state index contributed by atoms with van der Waals surface area (Å²) in [5, 5.41) is 11.0. The Balaban J connectivity index is 2.46. The molecule has 1 amide bonds. The molecule has 1 aromatic carbocycles. The molecule has 1 aromatic rings. The lowest BCUT2D eigenvalue weighted by molar-refractivity contribution is -0.385. The number of amides is 1. The Morgan fingerprint density at radius 2 is 2.11 bits per heavy atom. The van der Waals surface area contributed by atoms with Crippen LogP contribution >= 0.6 is 0 Å². The Morgan fingerprint density at radius 1 is 1.42 bits per heavy atom. The summed E-state index contributed by atoms with van der Waals surface area (Å²) in [7, 11) is 0. The Hall–Kier alpha value is -2.35. The van der Waals surface area contributed by atoms with E-state index in [1.165, 1.54) is 6.07 Å². The summed E-state index contributed by atoms with van der Waals surface area (Å²) in [4.78, 5) is 24.0. The topological polar surface area (TPSA) is 63.5 Å². The smallest absolute Gasteiger partial charge is 0.274 e. The van der Waals surface area contributed by atoms with E-state index in [0.717, 1.165) is 5.56 Å². The first-order valence-corrected chi connectivity index (χ1v) is 5.96. The summed E-state index contributed by atoms with van der Waals surface area (Å²) in [6.45, 7) is 3.95. The van der Waals surface area contributed by atoms with Gasteiger partial charge in [-0.15, -0.1) is 12.3 Å². The second-order valence-corrected chi connectivity index (χ2v) is 4.75. The van der Waals surface area contributed by atoms with Gasteiger partial charge in [0.15, 0.2) is 0 Å². The van der Waals surface area contributed by atoms with Gasteiger partial charge in [-0.05, 0) is 25.5 Å². The first-order valence-electron chi connectivity index (χ1n) is 5.96. The number of benzene rings is 1. The van der Waals surface area contributed by atoms with Gasteiger partial charge >= 0.3 is 0 Å². The summed E-state index contributed by atoms with van der Waals surface area (Å²) in [5.74, 6) is 2.37. The van der Waals surface area contributed by atoms with Gasteiger partial charge in [-0.1, -0.05) is 0 Å². The van der Waals surface area contributed by atoms with Gasteiger partial charge in [0.2, 0.25) is 5.91 Å². The van der Waals surface area contributed by atoms with Gasteiger partial charge in [-0.3, -0.25) is 14.9 Å². The molecule has 0 aliphatic carbocycles. The number of nitrogens with zero attached hydrogens (tertiary/aromatic N) is 2. The number of anilines is 1. The molecule has 1 aliphatic heterocycles. The molecule has 5 heteroatoms. The molecule has 2 rings (SSSR count). The molecule has 1 saturated heterocycles. The van der Waals surface area contributed by atoms with Gasteiger partial charge in [-0.25, -0.2) is 0 Å². The molecule has 19 heavy (non-hydrogen) atoms. The fourth-order valence-electron chi connectivity index (χ4n) is 2.37. The molecule has 0 aromatic heterocycles. The molecule has 0 radical (unpaired) electrons. The van der Waals surface area contributed by atoms with Crippen LogP contribution < -0.4 is 4.90 Å². The number of hydrogen-bond donors (Lipinski definition) is 0. The fourth-order valence-corrected chi connectivity index (χ4v) is 2.37. The number of rotatable bonds is 2. The highest BCUT2D eigenvalue weighted by Crippen LogP contribution is 2.32. The van der Waals surface area contributed by atoms with Crippen molar-refractivity contribution in [3.63, 3.8) is 0 Å². The molecule has 0 N–H and O–H groups in total. The van der Waals surface area contributed by atoms with Crippen LogP contribution in [0.3, 0.4) is 0 Å². The standard InChI is InChI=1S/C14H14N2O3/c1-4-11-6-14(17)15(8-11)12-7-13(16(18)19)10(3)5-9(12)2/h1,5,7,11H,6,8H2,2-3H3. The van der Waals surface area contributed by atoms with Crippen LogP contribution in [0.15, 0.2) is 12.1 Å². The number of terminal acetylenes is 1. The quantitative estimate of drug-likeness (QED) is 0.464. The highest BCUT2D eigenvalue weighted by atomic mass is 16.6. The molecule has 0 spiro atoms. The van der Waals surface area contributed by atoms with Crippen LogP contribution in [0.25, 0.3) is 0 Å². The Labute approximate surface area is 111 Å². The van der Waals surface area contributed by atoms with E-state index in [4.69, 9.17) is 6.42 Å². The lowest BCUT2D eigenvalue weighted by Gasteiger charge is -2.19. The van der Waals surface area contributed by atoms with Gasteiger partial charge < -0.3 is 4.90 Å². The highest BCUT2D eigenvalue weighted by Gasteiger charge is 2.31. The Bertz CT molecular complexity index is 601. The molecule has 5 nitrogen and oxygen atoms in total. The van der Waals surface area contributed by atoms with Gasteiger partial charge in [0, 0.05) is 30.5 Å². The fraction of sp³-hybridized carbons (Fsp3) is 0.357. The Morgan fingerprint density at radius 3 is 2.63 bits per heavy atom. The minimum atomic E-state index is -0.433. The van der Waals surface area contributed by atoms with Crippen LogP contribution in [0.2, 0.25) is 0 Å². The van der Waals surface area contributed by atoms with Gasteiger partial charge in [0.05, 0.1) is 10.6 Å². The molecule has 0 saturated carbocycles. The van der Waals surface area contributed by atoms with E-state index < -0.39 is 4.92 Å². The van der Waals surface area contributed by atoms with E-state index in [9.17, 15) is 14.9 Å². The molecule has 1 atom stereocenters. The van der Waals surface area contributed by atoms with Crippen molar-refractivity contribution in [1.29, 1.82) is 0 Å². The summed E-state index contributed by atoms with van der Waals surface area (Å²) in [6.07, 6.45) is 5.64. The van der Waals surface area contributed by atoms with E-state index in [0.29, 0.717) is 24.2 Å². The third kappa shape index (κ3) is 2.29. The zero-order valence-corrected chi connectivity index (χ0v) is 10.8. The minimum absolute atomic E-state index is 0.0255. The zero-order chi connectivity index (χ0) is 14.2. The minimum Gasteiger partial charge on any atom is -0.311 e. The molecule has 1 aliphatic rings. The van der Waals surface area contributed by atoms with E-state index >= 15 is 0 Å². The summed E-state index contributed by atoms with van der Waals surface area (Å²) >= 11 is 0. The van der Waals surface area contributed by atoms with Crippen LogP contribution in [0.4, 0.5) is 11.4 Å². The van der Waals surface area contributed by atoms with Crippen LogP contribution in [0.5, 0.6) is 0 Å². The van der Waals surface area contributed by atoms with Crippen molar-refractivity contribution >= 4 is 17.3 Å². The van der Waals surface area contributed by atoms with Crippen LogP contribution in [-0.4, -0.2) is 17.4 Å². The lowest BCUT2D eigenvalue weighted by atomic mass is 10.1. The first kappa shape index (κ1) is 13.1. The van der Waals surface area contributed by atoms with E-state index in [1.807, 2.05) is 6.92 Å². The normalized spacial score (nSPS) is 18.5. The molecule has 1 heterocycles. The van der Waals surface area contributed by atoms with Crippen molar-refractivity contribution < 1.29 is 9.72 Å². The van der Waals surface area contributed by atoms with Crippen LogP contribution in [0, 0.1) is 42.2 Å². The average molecular weight is 258 g/mol. The second-order valence-electron chi connectivity index (χ2n) is 4.75. The van der Waals surface area contributed by atoms with Crippen molar-refractivity contribution in [2.24, 2.45) is 5.92 Å². The Kier molecular flexibility index (Phi) is 3.26. The average Bonchev–Trinajstić information content (AvgIpc) is 2.70. The second kappa shape index (κ2) is 4.73. The SMILES string of the molecule is C#CC1CC(=O)N(c2cc([N+](=O)[O-])c(C)cc2C)C1. The van der Waals surface area contributed by atoms with Gasteiger partial charge in [0.1, 0.15) is 0 Å². The maximum atomic E-state index is 11.9. The van der Waals surface area contributed by atoms with Gasteiger partial charge in [0.25, 0.3) is 5.69 Å². The number of nitro benzene ring substituents is 1. The predicted molar refractivity (Wildman–Crippen MR) is 71.9 cm³/mol. The maximum absolute atomic E-state index is 11.9.